The van der Waals surface area contributed by atoms with Crippen molar-refractivity contribution in [1.82, 2.24) is 0 Å². The molecule has 6 atom stereocenters. The second-order valence-electron chi connectivity index (χ2n) is 9.60. The lowest BCUT2D eigenvalue weighted by Gasteiger charge is -2.59. The number of rotatable bonds is 0. The maximum Gasteiger partial charge on any atom is 0.178 e. The van der Waals surface area contributed by atoms with Gasteiger partial charge in [0.05, 0.1) is 13.2 Å². The summed E-state index contributed by atoms with van der Waals surface area (Å²) in [5.41, 5.74) is 1.59. The Balaban J connectivity index is 1.54. The van der Waals surface area contributed by atoms with Gasteiger partial charge in [0.25, 0.3) is 0 Å². The van der Waals surface area contributed by atoms with Gasteiger partial charge in [-0.05, 0) is 61.5 Å². The standard InChI is InChI=1S/C22H30O3/c1-14-12-15-13-16(23)4-7-20(15,2)17-5-8-21(3)18(19(14)17)6-9-22(21)24-10-11-25-22/h4,7,13-14,17-19H,5-6,8-12H2,1-3H3/t14-,17-,18+,19-,20-,21-/m1/s1. The summed E-state index contributed by atoms with van der Waals surface area (Å²) in [6.07, 6.45) is 11.7. The van der Waals surface area contributed by atoms with E-state index in [0.717, 1.165) is 26.1 Å². The van der Waals surface area contributed by atoms with Gasteiger partial charge in [-0.15, -0.1) is 0 Å². The van der Waals surface area contributed by atoms with Crippen LogP contribution >= 0.6 is 0 Å². The van der Waals surface area contributed by atoms with Gasteiger partial charge >= 0.3 is 0 Å². The summed E-state index contributed by atoms with van der Waals surface area (Å²) in [7, 11) is 0. The number of carbonyl (C=O) groups is 1. The smallest absolute Gasteiger partial charge is 0.178 e. The number of hydrogen-bond acceptors (Lipinski definition) is 3. The Morgan fingerprint density at radius 2 is 1.80 bits per heavy atom. The SMILES string of the molecule is C[C@@H]1CC2=CC(=O)C=C[C@@]2(C)[C@@H]2CC[C@]3(C)[C@@H](CCC34OCCO4)[C@H]12. The zero-order chi connectivity index (χ0) is 17.4. The predicted molar refractivity (Wildman–Crippen MR) is 95.8 cm³/mol. The molecule has 0 bridgehead atoms. The van der Waals surface area contributed by atoms with Crippen LogP contribution in [0.2, 0.25) is 0 Å². The summed E-state index contributed by atoms with van der Waals surface area (Å²) in [6.45, 7) is 8.73. The van der Waals surface area contributed by atoms with Crippen molar-refractivity contribution in [3.8, 4) is 0 Å². The molecule has 136 valence electrons. The molecule has 25 heavy (non-hydrogen) atoms. The molecule has 1 spiro atoms. The van der Waals surface area contributed by atoms with Crippen molar-refractivity contribution in [1.29, 1.82) is 0 Å². The molecule has 0 aromatic carbocycles. The number of hydrogen-bond donors (Lipinski definition) is 0. The van der Waals surface area contributed by atoms with E-state index < -0.39 is 0 Å². The molecule has 0 aromatic rings. The van der Waals surface area contributed by atoms with E-state index >= 15 is 0 Å². The lowest BCUT2D eigenvalue weighted by Crippen LogP contribution is -2.56. The molecule has 5 rings (SSSR count). The number of carbonyl (C=O) groups excluding carboxylic acids is 1. The van der Waals surface area contributed by atoms with E-state index in [-0.39, 0.29) is 22.4 Å². The van der Waals surface area contributed by atoms with Gasteiger partial charge in [-0.25, -0.2) is 0 Å². The van der Waals surface area contributed by atoms with Crippen LogP contribution in [0.25, 0.3) is 0 Å². The summed E-state index contributed by atoms with van der Waals surface area (Å²) in [4.78, 5) is 11.9. The van der Waals surface area contributed by atoms with Gasteiger partial charge in [0.1, 0.15) is 0 Å². The third kappa shape index (κ3) is 1.92. The highest BCUT2D eigenvalue weighted by atomic mass is 16.7. The Labute approximate surface area is 150 Å². The molecule has 0 radical (unpaired) electrons. The molecular formula is C22H30O3. The van der Waals surface area contributed by atoms with Gasteiger partial charge in [0.2, 0.25) is 0 Å². The molecule has 3 saturated carbocycles. The minimum atomic E-state index is -0.322. The van der Waals surface area contributed by atoms with Crippen LogP contribution < -0.4 is 0 Å². The Morgan fingerprint density at radius 3 is 2.56 bits per heavy atom. The fourth-order valence-corrected chi connectivity index (χ4v) is 7.44. The van der Waals surface area contributed by atoms with Crippen LogP contribution in [0.3, 0.4) is 0 Å². The van der Waals surface area contributed by atoms with Crippen LogP contribution in [0, 0.1) is 34.5 Å². The summed E-state index contributed by atoms with van der Waals surface area (Å²) in [6, 6.07) is 0. The van der Waals surface area contributed by atoms with E-state index in [1.165, 1.54) is 24.8 Å². The van der Waals surface area contributed by atoms with Crippen molar-refractivity contribution in [2.24, 2.45) is 34.5 Å². The molecule has 0 aromatic heterocycles. The van der Waals surface area contributed by atoms with E-state index in [0.29, 0.717) is 23.7 Å². The van der Waals surface area contributed by atoms with Crippen molar-refractivity contribution < 1.29 is 14.3 Å². The van der Waals surface area contributed by atoms with Gasteiger partial charge in [-0.1, -0.05) is 32.4 Å². The van der Waals surface area contributed by atoms with Crippen LogP contribution in [0.5, 0.6) is 0 Å². The summed E-state index contributed by atoms with van der Waals surface area (Å²) >= 11 is 0. The predicted octanol–water partition coefficient (Wildman–Crippen LogP) is 4.28. The number of ether oxygens (including phenoxy) is 2. The fourth-order valence-electron chi connectivity index (χ4n) is 7.44. The summed E-state index contributed by atoms with van der Waals surface area (Å²) in [5, 5.41) is 0. The lowest BCUT2D eigenvalue weighted by molar-refractivity contribution is -0.244. The quantitative estimate of drug-likeness (QED) is 0.659. The van der Waals surface area contributed by atoms with Crippen molar-refractivity contribution >= 4 is 5.78 Å². The van der Waals surface area contributed by atoms with E-state index in [1.807, 2.05) is 12.2 Å². The molecule has 4 fully saturated rings. The van der Waals surface area contributed by atoms with E-state index in [2.05, 4.69) is 26.8 Å². The van der Waals surface area contributed by atoms with E-state index in [9.17, 15) is 4.79 Å². The molecule has 1 heterocycles. The minimum Gasteiger partial charge on any atom is -0.347 e. The van der Waals surface area contributed by atoms with Crippen LogP contribution in [-0.4, -0.2) is 24.8 Å². The first-order chi connectivity index (χ1) is 11.9. The number of allylic oxidation sites excluding steroid dienone is 4. The lowest BCUT2D eigenvalue weighted by atomic mass is 9.46. The van der Waals surface area contributed by atoms with Gasteiger partial charge in [0, 0.05) is 17.3 Å². The second-order valence-corrected chi connectivity index (χ2v) is 9.60. The summed E-state index contributed by atoms with van der Waals surface area (Å²) in [5.74, 6) is 2.49. The highest BCUT2D eigenvalue weighted by molar-refractivity contribution is 6.01. The van der Waals surface area contributed by atoms with Crippen molar-refractivity contribution in [2.45, 2.75) is 58.7 Å². The maximum atomic E-state index is 11.9. The van der Waals surface area contributed by atoms with Crippen LogP contribution in [0.4, 0.5) is 0 Å². The topological polar surface area (TPSA) is 35.5 Å². The highest BCUT2D eigenvalue weighted by Gasteiger charge is 2.67. The van der Waals surface area contributed by atoms with Crippen molar-refractivity contribution in [3.63, 3.8) is 0 Å². The molecule has 0 N–H and O–H groups in total. The first-order valence-electron chi connectivity index (χ1n) is 10.1. The Kier molecular flexibility index (Phi) is 3.30. The zero-order valence-corrected chi connectivity index (χ0v) is 15.7. The average Bonchev–Trinajstić information content (AvgIpc) is 3.17. The normalized spacial score (nSPS) is 50.4. The van der Waals surface area contributed by atoms with Crippen LogP contribution in [-0.2, 0) is 14.3 Å². The van der Waals surface area contributed by atoms with Gasteiger partial charge in [-0.2, -0.15) is 0 Å². The Hall–Kier alpha value is -0.930. The maximum absolute atomic E-state index is 11.9. The molecular weight excluding hydrogens is 312 g/mol. The average molecular weight is 342 g/mol. The first kappa shape index (κ1) is 16.3. The molecule has 3 heteroatoms. The van der Waals surface area contributed by atoms with Crippen molar-refractivity contribution in [2.75, 3.05) is 13.2 Å². The van der Waals surface area contributed by atoms with Crippen LogP contribution in [0.1, 0.15) is 52.9 Å². The van der Waals surface area contributed by atoms with Crippen LogP contribution in [0.15, 0.2) is 23.8 Å². The van der Waals surface area contributed by atoms with Gasteiger partial charge in [-0.3, -0.25) is 4.79 Å². The molecule has 1 aliphatic heterocycles. The highest BCUT2D eigenvalue weighted by Crippen LogP contribution is 2.69. The fraction of sp³-hybridized carbons (Fsp3) is 0.773. The largest absolute Gasteiger partial charge is 0.347 e. The molecule has 0 unspecified atom stereocenters. The third-order valence-electron chi connectivity index (χ3n) is 8.70. The zero-order valence-electron chi connectivity index (χ0n) is 15.7. The molecule has 1 saturated heterocycles. The molecule has 0 amide bonds. The number of fused-ring (bicyclic) bond motifs is 6. The van der Waals surface area contributed by atoms with Gasteiger partial charge in [0.15, 0.2) is 11.6 Å². The monoisotopic (exact) mass is 342 g/mol. The Morgan fingerprint density at radius 1 is 1.08 bits per heavy atom. The number of ketones is 1. The molecule has 4 aliphatic carbocycles. The van der Waals surface area contributed by atoms with Crippen molar-refractivity contribution in [3.05, 3.63) is 23.8 Å². The Bertz CT molecular complexity index is 671. The molecule has 5 aliphatic rings. The summed E-state index contributed by atoms with van der Waals surface area (Å²) < 4.78 is 12.5. The van der Waals surface area contributed by atoms with Gasteiger partial charge < -0.3 is 9.47 Å². The first-order valence-corrected chi connectivity index (χ1v) is 10.1. The third-order valence-corrected chi connectivity index (χ3v) is 8.70. The minimum absolute atomic E-state index is 0.0690. The van der Waals surface area contributed by atoms with E-state index in [4.69, 9.17) is 9.47 Å². The van der Waals surface area contributed by atoms with E-state index in [1.54, 1.807) is 0 Å². The second kappa shape index (κ2) is 5.07. The molecule has 3 nitrogen and oxygen atoms in total.